The molecule has 12 heavy (non-hydrogen) atoms. The number of urea groups is 1. The second kappa shape index (κ2) is 4.09. The minimum Gasteiger partial charge on any atom is -0.323 e. The maximum Gasteiger partial charge on any atom is 0.340 e. The first kappa shape index (κ1) is 9.03. The van der Waals surface area contributed by atoms with Crippen molar-refractivity contribution in [1.82, 2.24) is 9.91 Å². The Bertz CT molecular complexity index is 175. The van der Waals surface area contributed by atoms with Crippen LogP contribution in [0.5, 0.6) is 0 Å². The molecule has 0 saturated carbocycles. The van der Waals surface area contributed by atoms with Gasteiger partial charge in [-0.3, -0.25) is 0 Å². The van der Waals surface area contributed by atoms with Crippen molar-refractivity contribution in [3.8, 4) is 0 Å². The molecule has 0 atom stereocenters. The molecule has 68 valence electrons. The van der Waals surface area contributed by atoms with Crippen molar-refractivity contribution in [2.24, 2.45) is 5.10 Å². The van der Waals surface area contributed by atoms with Crippen LogP contribution in [-0.2, 0) is 0 Å². The van der Waals surface area contributed by atoms with Crippen LogP contribution < -0.4 is 0 Å². The smallest absolute Gasteiger partial charge is 0.323 e. The summed E-state index contributed by atoms with van der Waals surface area (Å²) in [6.07, 6.45) is 3.45. The van der Waals surface area contributed by atoms with Crippen LogP contribution in [0.15, 0.2) is 5.10 Å². The average molecular weight is 169 g/mol. The number of likely N-dealkylation sites (tertiary alicyclic amines) is 1. The predicted molar refractivity (Wildman–Crippen MR) is 48.1 cm³/mol. The van der Waals surface area contributed by atoms with Crippen LogP contribution in [0.25, 0.3) is 0 Å². The number of hydrazone groups is 1. The zero-order chi connectivity index (χ0) is 8.97. The van der Waals surface area contributed by atoms with Crippen molar-refractivity contribution < 1.29 is 4.79 Å². The first-order valence-corrected chi connectivity index (χ1v) is 4.25. The molecule has 0 aromatic heterocycles. The van der Waals surface area contributed by atoms with Crippen LogP contribution in [-0.4, -0.2) is 42.8 Å². The first-order valence-electron chi connectivity index (χ1n) is 4.25. The van der Waals surface area contributed by atoms with E-state index in [2.05, 4.69) is 11.8 Å². The van der Waals surface area contributed by atoms with Crippen molar-refractivity contribution in [1.29, 1.82) is 0 Å². The molecule has 0 aliphatic carbocycles. The van der Waals surface area contributed by atoms with Crippen LogP contribution in [0.1, 0.15) is 19.3 Å². The van der Waals surface area contributed by atoms with Crippen molar-refractivity contribution in [3.05, 3.63) is 0 Å². The van der Waals surface area contributed by atoms with Gasteiger partial charge in [0.2, 0.25) is 0 Å². The van der Waals surface area contributed by atoms with Crippen molar-refractivity contribution in [2.45, 2.75) is 19.3 Å². The van der Waals surface area contributed by atoms with Gasteiger partial charge in [0.1, 0.15) is 0 Å². The minimum absolute atomic E-state index is 0.0373. The zero-order valence-electron chi connectivity index (χ0n) is 7.49. The zero-order valence-corrected chi connectivity index (χ0v) is 7.49. The molecule has 0 aromatic carbocycles. The number of hydrogen-bond acceptors (Lipinski definition) is 2. The van der Waals surface area contributed by atoms with E-state index in [1.165, 1.54) is 11.4 Å². The van der Waals surface area contributed by atoms with E-state index < -0.39 is 0 Å². The van der Waals surface area contributed by atoms with E-state index in [9.17, 15) is 4.79 Å². The summed E-state index contributed by atoms with van der Waals surface area (Å²) >= 11 is 0. The lowest BCUT2D eigenvalue weighted by atomic mass is 10.1. The van der Waals surface area contributed by atoms with E-state index >= 15 is 0 Å². The van der Waals surface area contributed by atoms with Gasteiger partial charge in [-0.25, -0.2) is 9.80 Å². The maximum absolute atomic E-state index is 11.4. The number of rotatable bonds is 1. The highest BCUT2D eigenvalue weighted by atomic mass is 16.2. The fraction of sp³-hybridized carbons (Fsp3) is 0.750. The highest BCUT2D eigenvalue weighted by Gasteiger charge is 2.18. The quantitative estimate of drug-likeness (QED) is 0.428. The second-order valence-electron chi connectivity index (χ2n) is 3.00. The van der Waals surface area contributed by atoms with Gasteiger partial charge < -0.3 is 4.90 Å². The molecule has 4 heteroatoms. The third kappa shape index (κ3) is 1.96. The van der Waals surface area contributed by atoms with Gasteiger partial charge in [0.15, 0.2) is 0 Å². The lowest BCUT2D eigenvalue weighted by Crippen LogP contribution is -2.41. The molecule has 4 nitrogen and oxygen atoms in total. The number of carbonyl (C=O) groups excluding carboxylic acids is 1. The molecule has 0 bridgehead atoms. The third-order valence-electron chi connectivity index (χ3n) is 2.12. The van der Waals surface area contributed by atoms with Crippen LogP contribution >= 0.6 is 0 Å². The monoisotopic (exact) mass is 169 g/mol. The molecule has 0 N–H and O–H groups in total. The molecule has 1 heterocycles. The van der Waals surface area contributed by atoms with Gasteiger partial charge in [-0.05, 0) is 19.3 Å². The molecule has 1 rings (SSSR count). The van der Waals surface area contributed by atoms with E-state index in [1.807, 2.05) is 4.90 Å². The molecule has 1 aliphatic heterocycles. The van der Waals surface area contributed by atoms with E-state index in [0.717, 1.165) is 25.9 Å². The lowest BCUT2D eigenvalue weighted by Gasteiger charge is -2.28. The average Bonchev–Trinajstić information content (AvgIpc) is 2.17. The predicted octanol–water partition coefficient (Wildman–Crippen LogP) is 1.14. The minimum atomic E-state index is -0.0373. The normalized spacial score (nSPS) is 17.2. The number of nitrogens with zero attached hydrogens (tertiary/aromatic N) is 3. The Hall–Kier alpha value is -1.06. The molecule has 1 fully saturated rings. The Kier molecular flexibility index (Phi) is 3.08. The Labute approximate surface area is 72.8 Å². The van der Waals surface area contributed by atoms with Crippen LogP contribution in [0.3, 0.4) is 0 Å². The summed E-state index contributed by atoms with van der Waals surface area (Å²) in [5.41, 5.74) is 0. The fourth-order valence-electron chi connectivity index (χ4n) is 1.35. The van der Waals surface area contributed by atoms with Crippen LogP contribution in [0, 0.1) is 0 Å². The van der Waals surface area contributed by atoms with Gasteiger partial charge in [0.05, 0.1) is 0 Å². The second-order valence-corrected chi connectivity index (χ2v) is 3.00. The summed E-state index contributed by atoms with van der Waals surface area (Å²) in [4.78, 5) is 13.3. The molecule has 1 saturated heterocycles. The largest absolute Gasteiger partial charge is 0.340 e. The summed E-state index contributed by atoms with van der Waals surface area (Å²) in [5, 5.41) is 4.84. The third-order valence-corrected chi connectivity index (χ3v) is 2.12. The highest BCUT2D eigenvalue weighted by Crippen LogP contribution is 2.10. The SMILES string of the molecule is C=NN(C)C(=O)N1CCCCC1. The van der Waals surface area contributed by atoms with Crippen molar-refractivity contribution in [2.75, 3.05) is 20.1 Å². The van der Waals surface area contributed by atoms with E-state index in [1.54, 1.807) is 7.05 Å². The van der Waals surface area contributed by atoms with Gasteiger partial charge in [-0.2, -0.15) is 5.10 Å². The fourth-order valence-corrected chi connectivity index (χ4v) is 1.35. The van der Waals surface area contributed by atoms with Gasteiger partial charge in [0.25, 0.3) is 0 Å². The molecule has 0 unspecified atom stereocenters. The first-order chi connectivity index (χ1) is 5.75. The van der Waals surface area contributed by atoms with E-state index in [4.69, 9.17) is 0 Å². The van der Waals surface area contributed by atoms with Gasteiger partial charge in [-0.15, -0.1) is 0 Å². The van der Waals surface area contributed by atoms with Gasteiger partial charge >= 0.3 is 6.03 Å². The van der Waals surface area contributed by atoms with Crippen molar-refractivity contribution in [3.63, 3.8) is 0 Å². The van der Waals surface area contributed by atoms with Gasteiger partial charge in [-0.1, -0.05) is 0 Å². The summed E-state index contributed by atoms with van der Waals surface area (Å²) < 4.78 is 0. The van der Waals surface area contributed by atoms with Gasteiger partial charge in [0, 0.05) is 26.9 Å². The molecule has 2 amide bonds. The van der Waals surface area contributed by atoms with E-state index in [0.29, 0.717) is 0 Å². The molecular weight excluding hydrogens is 154 g/mol. The molecule has 1 aliphatic rings. The van der Waals surface area contributed by atoms with Crippen LogP contribution in [0.2, 0.25) is 0 Å². The Morgan fingerprint density at radius 3 is 2.50 bits per heavy atom. The molecule has 0 spiro atoms. The maximum atomic E-state index is 11.4. The topological polar surface area (TPSA) is 35.9 Å². The summed E-state index contributed by atoms with van der Waals surface area (Å²) in [7, 11) is 1.63. The number of amides is 2. The Morgan fingerprint density at radius 1 is 1.42 bits per heavy atom. The number of piperidine rings is 1. The van der Waals surface area contributed by atoms with Crippen LogP contribution in [0.4, 0.5) is 4.79 Å². The van der Waals surface area contributed by atoms with E-state index in [-0.39, 0.29) is 6.03 Å². The summed E-state index contributed by atoms with van der Waals surface area (Å²) in [5.74, 6) is 0. The standard InChI is InChI=1S/C8H15N3O/c1-9-10(2)8(12)11-6-4-3-5-7-11/h1,3-7H2,2H3. The summed E-state index contributed by atoms with van der Waals surface area (Å²) in [6, 6.07) is -0.0373. The van der Waals surface area contributed by atoms with Crippen molar-refractivity contribution >= 4 is 12.7 Å². The molecule has 0 aromatic rings. The number of hydrogen-bond donors (Lipinski definition) is 0. The molecule has 0 radical (unpaired) electrons. The Morgan fingerprint density at radius 2 is 2.00 bits per heavy atom. The lowest BCUT2D eigenvalue weighted by molar-refractivity contribution is 0.154. The highest BCUT2D eigenvalue weighted by molar-refractivity contribution is 5.74. The Balaban J connectivity index is 2.44. The summed E-state index contributed by atoms with van der Waals surface area (Å²) in [6.45, 7) is 5.02. The number of carbonyl (C=O) groups is 1. The molecular formula is C8H15N3O.